The molecule has 1 amide bonds. The number of anilines is 1. The lowest BCUT2D eigenvalue weighted by molar-refractivity contribution is -0.112. The predicted molar refractivity (Wildman–Crippen MR) is 130 cm³/mol. The smallest absolute Gasteiger partial charge is 0.266 e. The fourth-order valence-electron chi connectivity index (χ4n) is 3.49. The summed E-state index contributed by atoms with van der Waals surface area (Å²) in [4.78, 5) is 12.6. The topological polar surface area (TPSA) is 71.3 Å². The first-order valence-corrected chi connectivity index (χ1v) is 10.4. The molecule has 162 valence electrons. The summed E-state index contributed by atoms with van der Waals surface area (Å²) in [7, 11) is 1.55. The van der Waals surface area contributed by atoms with Crippen molar-refractivity contribution >= 4 is 28.4 Å². The Bertz CT molecular complexity index is 1360. The van der Waals surface area contributed by atoms with Crippen LogP contribution in [0.4, 0.5) is 5.69 Å². The SMILES string of the molecule is COc1cccc(NC(=O)/C(C#N)=C/c2cccc(OCc3cccc4ccccc34)c2)c1. The van der Waals surface area contributed by atoms with Crippen LogP contribution in [-0.4, -0.2) is 13.0 Å². The number of carbonyl (C=O) groups excluding carboxylic acids is 1. The number of nitriles is 1. The van der Waals surface area contributed by atoms with Crippen molar-refractivity contribution < 1.29 is 14.3 Å². The maximum atomic E-state index is 12.6. The van der Waals surface area contributed by atoms with Gasteiger partial charge in [0, 0.05) is 11.8 Å². The molecule has 4 rings (SSSR count). The van der Waals surface area contributed by atoms with E-state index in [4.69, 9.17) is 9.47 Å². The maximum Gasteiger partial charge on any atom is 0.266 e. The van der Waals surface area contributed by atoms with E-state index in [0.29, 0.717) is 29.4 Å². The Balaban J connectivity index is 1.48. The van der Waals surface area contributed by atoms with Gasteiger partial charge in [-0.05, 0) is 52.2 Å². The molecule has 4 aromatic rings. The summed E-state index contributed by atoms with van der Waals surface area (Å²) >= 11 is 0. The number of methoxy groups -OCH3 is 1. The second-order valence-electron chi connectivity index (χ2n) is 7.36. The number of rotatable bonds is 7. The number of nitrogens with zero attached hydrogens (tertiary/aromatic N) is 1. The van der Waals surface area contributed by atoms with Gasteiger partial charge in [-0.1, -0.05) is 60.7 Å². The lowest BCUT2D eigenvalue weighted by atomic mass is 10.1. The molecule has 0 aromatic heterocycles. The van der Waals surface area contributed by atoms with E-state index in [9.17, 15) is 10.1 Å². The van der Waals surface area contributed by atoms with Gasteiger partial charge in [0.1, 0.15) is 29.7 Å². The fourth-order valence-corrected chi connectivity index (χ4v) is 3.49. The van der Waals surface area contributed by atoms with Crippen LogP contribution in [0.25, 0.3) is 16.8 Å². The van der Waals surface area contributed by atoms with Gasteiger partial charge in [0.15, 0.2) is 0 Å². The van der Waals surface area contributed by atoms with Gasteiger partial charge in [-0.3, -0.25) is 4.79 Å². The molecule has 0 aliphatic carbocycles. The van der Waals surface area contributed by atoms with E-state index < -0.39 is 5.91 Å². The Morgan fingerprint density at radius 2 is 1.70 bits per heavy atom. The van der Waals surface area contributed by atoms with Gasteiger partial charge < -0.3 is 14.8 Å². The molecule has 0 saturated carbocycles. The van der Waals surface area contributed by atoms with Crippen LogP contribution < -0.4 is 14.8 Å². The van der Waals surface area contributed by atoms with Crippen molar-refractivity contribution in [2.24, 2.45) is 0 Å². The van der Waals surface area contributed by atoms with Gasteiger partial charge in [-0.15, -0.1) is 0 Å². The first kappa shape index (κ1) is 21.7. The molecule has 0 fully saturated rings. The van der Waals surface area contributed by atoms with Crippen molar-refractivity contribution in [1.82, 2.24) is 0 Å². The first-order chi connectivity index (χ1) is 16.2. The third-order valence-corrected chi connectivity index (χ3v) is 5.14. The van der Waals surface area contributed by atoms with E-state index in [1.165, 1.54) is 0 Å². The molecule has 5 nitrogen and oxygen atoms in total. The van der Waals surface area contributed by atoms with Crippen LogP contribution in [0.3, 0.4) is 0 Å². The summed E-state index contributed by atoms with van der Waals surface area (Å²) in [6, 6.07) is 30.6. The molecule has 0 spiro atoms. The van der Waals surface area contributed by atoms with Crippen molar-refractivity contribution in [3.63, 3.8) is 0 Å². The lowest BCUT2D eigenvalue weighted by Crippen LogP contribution is -2.13. The quantitative estimate of drug-likeness (QED) is 0.287. The lowest BCUT2D eigenvalue weighted by Gasteiger charge is -2.10. The zero-order valence-corrected chi connectivity index (χ0v) is 18.1. The number of amides is 1. The summed E-state index contributed by atoms with van der Waals surface area (Å²) in [6.07, 6.45) is 1.54. The monoisotopic (exact) mass is 434 g/mol. The van der Waals surface area contributed by atoms with Gasteiger partial charge in [0.2, 0.25) is 0 Å². The summed E-state index contributed by atoms with van der Waals surface area (Å²) < 4.78 is 11.2. The number of benzene rings is 4. The number of hydrogen-bond donors (Lipinski definition) is 1. The van der Waals surface area contributed by atoms with E-state index >= 15 is 0 Å². The average molecular weight is 434 g/mol. The van der Waals surface area contributed by atoms with Crippen LogP contribution in [-0.2, 0) is 11.4 Å². The van der Waals surface area contributed by atoms with Crippen LogP contribution in [0.5, 0.6) is 11.5 Å². The van der Waals surface area contributed by atoms with Crippen LogP contribution >= 0.6 is 0 Å². The van der Waals surface area contributed by atoms with E-state index in [1.807, 2.05) is 48.5 Å². The first-order valence-electron chi connectivity index (χ1n) is 10.4. The molecule has 4 aromatic carbocycles. The summed E-state index contributed by atoms with van der Waals surface area (Å²) in [5.74, 6) is 0.779. The normalized spacial score (nSPS) is 11.0. The average Bonchev–Trinajstić information content (AvgIpc) is 2.86. The van der Waals surface area contributed by atoms with E-state index in [-0.39, 0.29) is 5.57 Å². The Morgan fingerprint density at radius 3 is 2.55 bits per heavy atom. The molecule has 33 heavy (non-hydrogen) atoms. The van der Waals surface area contributed by atoms with E-state index in [2.05, 4.69) is 23.5 Å². The predicted octanol–water partition coefficient (Wildman–Crippen LogP) is 5.97. The van der Waals surface area contributed by atoms with Gasteiger partial charge in [0.05, 0.1) is 7.11 Å². The van der Waals surface area contributed by atoms with Crippen LogP contribution in [0.2, 0.25) is 0 Å². The van der Waals surface area contributed by atoms with Crippen molar-refractivity contribution in [2.75, 3.05) is 12.4 Å². The van der Waals surface area contributed by atoms with Crippen molar-refractivity contribution in [3.05, 3.63) is 108 Å². The molecule has 0 heterocycles. The summed E-state index contributed by atoms with van der Waals surface area (Å²) in [6.45, 7) is 0.413. The number of ether oxygens (including phenoxy) is 2. The van der Waals surface area contributed by atoms with E-state index in [1.54, 1.807) is 43.5 Å². The highest BCUT2D eigenvalue weighted by Gasteiger charge is 2.10. The maximum absolute atomic E-state index is 12.6. The molecule has 0 atom stereocenters. The number of fused-ring (bicyclic) bond motifs is 1. The molecule has 0 aliphatic heterocycles. The zero-order chi connectivity index (χ0) is 23.0. The molecular weight excluding hydrogens is 412 g/mol. The molecule has 0 saturated heterocycles. The summed E-state index contributed by atoms with van der Waals surface area (Å²) in [5.41, 5.74) is 2.32. The highest BCUT2D eigenvalue weighted by molar-refractivity contribution is 6.09. The Morgan fingerprint density at radius 1 is 0.939 bits per heavy atom. The van der Waals surface area contributed by atoms with Gasteiger partial charge in [-0.25, -0.2) is 0 Å². The van der Waals surface area contributed by atoms with Gasteiger partial charge in [-0.2, -0.15) is 5.26 Å². The molecule has 0 radical (unpaired) electrons. The van der Waals surface area contributed by atoms with Crippen LogP contribution in [0.15, 0.2) is 96.6 Å². The van der Waals surface area contributed by atoms with E-state index in [0.717, 1.165) is 16.3 Å². The van der Waals surface area contributed by atoms with Crippen LogP contribution in [0, 0.1) is 11.3 Å². The second-order valence-corrected chi connectivity index (χ2v) is 7.36. The van der Waals surface area contributed by atoms with Crippen molar-refractivity contribution in [1.29, 1.82) is 5.26 Å². The Hall–Kier alpha value is -4.56. The number of carbonyl (C=O) groups is 1. The summed E-state index contributed by atoms with van der Waals surface area (Å²) in [5, 5.41) is 14.6. The third-order valence-electron chi connectivity index (χ3n) is 5.14. The van der Waals surface area contributed by atoms with Crippen molar-refractivity contribution in [2.45, 2.75) is 6.61 Å². The highest BCUT2D eigenvalue weighted by atomic mass is 16.5. The fraction of sp³-hybridized carbons (Fsp3) is 0.0714. The van der Waals surface area contributed by atoms with Crippen LogP contribution in [0.1, 0.15) is 11.1 Å². The van der Waals surface area contributed by atoms with Crippen molar-refractivity contribution in [3.8, 4) is 17.6 Å². The van der Waals surface area contributed by atoms with Gasteiger partial charge >= 0.3 is 0 Å². The minimum atomic E-state index is -0.493. The molecule has 5 heteroatoms. The molecule has 1 N–H and O–H groups in total. The second kappa shape index (κ2) is 10.2. The molecule has 0 aliphatic rings. The third kappa shape index (κ3) is 5.38. The Labute approximate surface area is 192 Å². The number of hydrogen-bond acceptors (Lipinski definition) is 4. The van der Waals surface area contributed by atoms with Gasteiger partial charge in [0.25, 0.3) is 5.91 Å². The molecule has 0 unspecified atom stereocenters. The molecule has 0 bridgehead atoms. The largest absolute Gasteiger partial charge is 0.497 e. The minimum Gasteiger partial charge on any atom is -0.497 e. The highest BCUT2D eigenvalue weighted by Crippen LogP contribution is 2.22. The Kier molecular flexibility index (Phi) is 6.67. The zero-order valence-electron chi connectivity index (χ0n) is 18.1. The minimum absolute atomic E-state index is 0.0102. The standard InChI is InChI=1S/C28H22N2O3/c1-32-25-12-6-11-24(17-25)30-28(31)23(18-29)15-20-7-4-13-26(16-20)33-19-22-10-5-9-21-8-2-3-14-27(21)22/h2-17H,19H2,1H3,(H,30,31)/b23-15+. The molecular formula is C28H22N2O3. The number of nitrogens with one attached hydrogen (secondary N) is 1.